The van der Waals surface area contributed by atoms with Gasteiger partial charge in [0, 0.05) is 6.04 Å². The van der Waals surface area contributed by atoms with Crippen LogP contribution in [0.3, 0.4) is 0 Å². The number of hydrogen-bond donors (Lipinski definition) is 2. The summed E-state index contributed by atoms with van der Waals surface area (Å²) in [7, 11) is 0. The molecular formula is C23H30FN4OS+. The van der Waals surface area contributed by atoms with Gasteiger partial charge in [0.15, 0.2) is 0 Å². The SMILES string of the molecule is CC[NH+](CC)CCC[C@@H](C)NC(=O)c1cc(-c2cccs2)nn1-c1ccc(F)cc1. The summed E-state index contributed by atoms with van der Waals surface area (Å²) in [6, 6.07) is 11.8. The van der Waals surface area contributed by atoms with Gasteiger partial charge in [-0.1, -0.05) is 6.07 Å². The molecule has 0 saturated carbocycles. The second kappa shape index (κ2) is 10.5. The molecule has 0 aliphatic rings. The first-order chi connectivity index (χ1) is 14.5. The van der Waals surface area contributed by atoms with E-state index in [0.717, 1.165) is 43.0 Å². The summed E-state index contributed by atoms with van der Waals surface area (Å²) < 4.78 is 15.0. The van der Waals surface area contributed by atoms with Crippen LogP contribution in [0.15, 0.2) is 47.8 Å². The van der Waals surface area contributed by atoms with E-state index in [-0.39, 0.29) is 17.8 Å². The van der Waals surface area contributed by atoms with E-state index in [1.165, 1.54) is 12.1 Å². The number of carbonyl (C=O) groups excluding carboxylic acids is 1. The topological polar surface area (TPSA) is 51.4 Å². The molecule has 1 aromatic carbocycles. The average Bonchev–Trinajstić information content (AvgIpc) is 3.41. The number of amides is 1. The van der Waals surface area contributed by atoms with Gasteiger partial charge in [0.05, 0.1) is 30.2 Å². The van der Waals surface area contributed by atoms with E-state index in [1.807, 2.05) is 24.4 Å². The number of thiophene rings is 1. The molecule has 0 bridgehead atoms. The number of hydrogen-bond acceptors (Lipinski definition) is 3. The van der Waals surface area contributed by atoms with Gasteiger partial charge in [-0.05, 0) is 75.4 Å². The molecule has 0 radical (unpaired) electrons. The van der Waals surface area contributed by atoms with Gasteiger partial charge in [0.2, 0.25) is 0 Å². The fraction of sp³-hybridized carbons (Fsp3) is 0.391. The maximum Gasteiger partial charge on any atom is 0.270 e. The molecule has 0 spiro atoms. The first-order valence-electron chi connectivity index (χ1n) is 10.6. The van der Waals surface area contributed by atoms with Crippen molar-refractivity contribution in [3.05, 3.63) is 59.4 Å². The predicted octanol–water partition coefficient (Wildman–Crippen LogP) is 3.56. The van der Waals surface area contributed by atoms with E-state index in [0.29, 0.717) is 11.4 Å². The molecule has 1 atom stereocenters. The molecule has 2 heterocycles. The average molecular weight is 430 g/mol. The highest BCUT2D eigenvalue weighted by Crippen LogP contribution is 2.26. The number of halogens is 1. The van der Waals surface area contributed by atoms with E-state index < -0.39 is 0 Å². The number of benzene rings is 1. The van der Waals surface area contributed by atoms with Gasteiger partial charge in [0.25, 0.3) is 5.91 Å². The first kappa shape index (κ1) is 22.2. The summed E-state index contributed by atoms with van der Waals surface area (Å²) >= 11 is 1.57. The van der Waals surface area contributed by atoms with Crippen molar-refractivity contribution in [1.82, 2.24) is 15.1 Å². The number of rotatable bonds is 10. The standard InChI is InChI=1S/C23H29FN4OS/c1-4-27(5-2)14-6-8-17(3)25-23(29)21-16-20(22-9-7-15-30-22)26-28(21)19-12-10-18(24)11-13-19/h7,9-13,15-17H,4-6,8,14H2,1-3H3,(H,25,29)/p+1/t17-/m1/s1. The normalized spacial score (nSPS) is 12.3. The third kappa shape index (κ3) is 5.55. The Labute approximate surface area is 181 Å². The Hall–Kier alpha value is -2.51. The van der Waals surface area contributed by atoms with Crippen molar-refractivity contribution in [1.29, 1.82) is 0 Å². The number of quaternary nitrogens is 1. The van der Waals surface area contributed by atoms with Gasteiger partial charge in [-0.25, -0.2) is 9.07 Å². The lowest BCUT2D eigenvalue weighted by atomic mass is 10.1. The zero-order chi connectivity index (χ0) is 21.5. The number of carbonyl (C=O) groups is 1. The van der Waals surface area contributed by atoms with Gasteiger partial charge in [0.1, 0.15) is 17.2 Å². The van der Waals surface area contributed by atoms with Crippen molar-refractivity contribution in [3.8, 4) is 16.3 Å². The Kier molecular flexibility index (Phi) is 7.76. The number of nitrogens with zero attached hydrogens (tertiary/aromatic N) is 2. The Morgan fingerprint density at radius 2 is 1.97 bits per heavy atom. The quantitative estimate of drug-likeness (QED) is 0.518. The van der Waals surface area contributed by atoms with E-state index >= 15 is 0 Å². The second-order valence-electron chi connectivity index (χ2n) is 7.50. The summed E-state index contributed by atoms with van der Waals surface area (Å²) in [4.78, 5) is 15.6. The Morgan fingerprint density at radius 1 is 1.23 bits per heavy atom. The summed E-state index contributed by atoms with van der Waals surface area (Å²) in [5, 5.41) is 9.71. The van der Waals surface area contributed by atoms with Crippen LogP contribution in [0.4, 0.5) is 4.39 Å². The summed E-state index contributed by atoms with van der Waals surface area (Å²) in [6.45, 7) is 9.80. The maximum atomic E-state index is 13.4. The van der Waals surface area contributed by atoms with Crippen LogP contribution < -0.4 is 10.2 Å². The lowest BCUT2D eigenvalue weighted by Crippen LogP contribution is -3.11. The number of nitrogens with one attached hydrogen (secondary N) is 2. The Bertz CT molecular complexity index is 933. The lowest BCUT2D eigenvalue weighted by molar-refractivity contribution is -0.896. The minimum absolute atomic E-state index is 0.0641. The fourth-order valence-corrected chi connectivity index (χ4v) is 4.18. The molecule has 0 aliphatic heterocycles. The molecule has 30 heavy (non-hydrogen) atoms. The molecule has 2 N–H and O–H groups in total. The third-order valence-corrected chi connectivity index (χ3v) is 6.22. The Balaban J connectivity index is 1.76. The minimum atomic E-state index is -0.320. The van der Waals surface area contributed by atoms with Crippen LogP contribution in [0.5, 0.6) is 0 Å². The van der Waals surface area contributed by atoms with Crippen LogP contribution in [0.1, 0.15) is 44.1 Å². The molecule has 3 aromatic rings. The van der Waals surface area contributed by atoms with Crippen molar-refractivity contribution in [3.63, 3.8) is 0 Å². The molecule has 0 unspecified atom stereocenters. The van der Waals surface area contributed by atoms with Gasteiger partial charge in [-0.3, -0.25) is 4.79 Å². The highest BCUT2D eigenvalue weighted by Gasteiger charge is 2.20. The second-order valence-corrected chi connectivity index (χ2v) is 8.45. The van der Waals surface area contributed by atoms with Gasteiger partial charge in [-0.15, -0.1) is 11.3 Å². The van der Waals surface area contributed by atoms with Gasteiger partial charge < -0.3 is 10.2 Å². The molecular weight excluding hydrogens is 399 g/mol. The van der Waals surface area contributed by atoms with Crippen LogP contribution in [0.2, 0.25) is 0 Å². The molecule has 0 aliphatic carbocycles. The van der Waals surface area contributed by atoms with E-state index in [4.69, 9.17) is 0 Å². The summed E-state index contributed by atoms with van der Waals surface area (Å²) in [5.74, 6) is -0.489. The molecule has 0 fully saturated rings. The smallest absolute Gasteiger partial charge is 0.270 e. The van der Waals surface area contributed by atoms with E-state index in [2.05, 4.69) is 24.3 Å². The van der Waals surface area contributed by atoms with Crippen LogP contribution in [0, 0.1) is 5.82 Å². The van der Waals surface area contributed by atoms with Crippen molar-refractivity contribution in [2.45, 2.75) is 39.7 Å². The zero-order valence-electron chi connectivity index (χ0n) is 17.8. The summed E-state index contributed by atoms with van der Waals surface area (Å²) in [5.41, 5.74) is 1.84. The van der Waals surface area contributed by atoms with Gasteiger partial charge in [-0.2, -0.15) is 5.10 Å². The predicted molar refractivity (Wildman–Crippen MR) is 120 cm³/mol. The number of aromatic nitrogens is 2. The monoisotopic (exact) mass is 429 g/mol. The highest BCUT2D eigenvalue weighted by atomic mass is 32.1. The van der Waals surface area contributed by atoms with E-state index in [1.54, 1.807) is 39.1 Å². The molecule has 7 heteroatoms. The molecule has 3 rings (SSSR count). The lowest BCUT2D eigenvalue weighted by Gasteiger charge is -2.18. The third-order valence-electron chi connectivity index (χ3n) is 5.33. The van der Waals surface area contributed by atoms with Crippen molar-refractivity contribution in [2.75, 3.05) is 19.6 Å². The van der Waals surface area contributed by atoms with Crippen LogP contribution in [0.25, 0.3) is 16.3 Å². The zero-order valence-corrected chi connectivity index (χ0v) is 18.6. The van der Waals surface area contributed by atoms with Crippen molar-refractivity contribution in [2.24, 2.45) is 0 Å². The van der Waals surface area contributed by atoms with Crippen molar-refractivity contribution < 1.29 is 14.1 Å². The molecule has 5 nitrogen and oxygen atoms in total. The molecule has 1 amide bonds. The minimum Gasteiger partial charge on any atom is -0.348 e. The fourth-order valence-electron chi connectivity index (χ4n) is 3.50. The molecule has 0 saturated heterocycles. The molecule has 2 aromatic heterocycles. The Morgan fingerprint density at radius 3 is 2.60 bits per heavy atom. The first-order valence-corrected chi connectivity index (χ1v) is 11.4. The van der Waals surface area contributed by atoms with Crippen LogP contribution >= 0.6 is 11.3 Å². The van der Waals surface area contributed by atoms with Crippen LogP contribution in [-0.2, 0) is 0 Å². The van der Waals surface area contributed by atoms with Gasteiger partial charge >= 0.3 is 0 Å². The maximum absolute atomic E-state index is 13.4. The summed E-state index contributed by atoms with van der Waals surface area (Å²) in [6.07, 6.45) is 1.99. The highest BCUT2D eigenvalue weighted by molar-refractivity contribution is 7.13. The molecule has 160 valence electrons. The van der Waals surface area contributed by atoms with Crippen molar-refractivity contribution >= 4 is 17.2 Å². The van der Waals surface area contributed by atoms with E-state index in [9.17, 15) is 9.18 Å². The largest absolute Gasteiger partial charge is 0.348 e. The van der Waals surface area contributed by atoms with Crippen LogP contribution in [-0.4, -0.2) is 41.4 Å².